The summed E-state index contributed by atoms with van der Waals surface area (Å²) in [5.74, 6) is 0.583. The largest absolute Gasteiger partial charge is 0.493 e. The highest BCUT2D eigenvalue weighted by atomic mass is 16.5. The molecule has 2 N–H and O–H groups in total. The van der Waals surface area contributed by atoms with Crippen LogP contribution in [0.15, 0.2) is 18.2 Å². The normalized spacial score (nSPS) is 12.0. The molecule has 1 atom stereocenters. The van der Waals surface area contributed by atoms with Crippen LogP contribution in [0.2, 0.25) is 0 Å². The first-order valence-electron chi connectivity index (χ1n) is 5.66. The van der Waals surface area contributed by atoms with E-state index < -0.39 is 6.10 Å². The maximum atomic E-state index is 11.0. The molecule has 0 aromatic heterocycles. The maximum Gasteiger partial charge on any atom is 0.223 e. The number of amides is 1. The Kier molecular flexibility index (Phi) is 4.97. The topological polar surface area (TPSA) is 58.6 Å². The highest BCUT2D eigenvalue weighted by molar-refractivity contribution is 5.75. The first-order valence-corrected chi connectivity index (χ1v) is 5.66. The summed E-state index contributed by atoms with van der Waals surface area (Å²) >= 11 is 0. The number of ether oxygens (including phenoxy) is 1. The van der Waals surface area contributed by atoms with Crippen molar-refractivity contribution >= 4 is 5.91 Å². The van der Waals surface area contributed by atoms with E-state index in [4.69, 9.17) is 4.74 Å². The summed E-state index contributed by atoms with van der Waals surface area (Å²) in [5, 5.41) is 12.1. The van der Waals surface area contributed by atoms with Crippen molar-refractivity contribution in [2.24, 2.45) is 0 Å². The van der Waals surface area contributed by atoms with E-state index in [2.05, 4.69) is 5.32 Å². The number of hydrogen-bond donors (Lipinski definition) is 2. The lowest BCUT2D eigenvalue weighted by molar-refractivity contribution is -0.121. The van der Waals surface area contributed by atoms with Gasteiger partial charge in [-0.25, -0.2) is 0 Å². The van der Waals surface area contributed by atoms with Gasteiger partial charge in [0.15, 0.2) is 0 Å². The lowest BCUT2D eigenvalue weighted by atomic mass is 10.1. The Morgan fingerprint density at radius 3 is 2.82 bits per heavy atom. The van der Waals surface area contributed by atoms with Crippen molar-refractivity contribution in [1.29, 1.82) is 0 Å². The van der Waals surface area contributed by atoms with E-state index in [1.54, 1.807) is 14.0 Å². The predicted molar refractivity (Wildman–Crippen MR) is 66.0 cm³/mol. The second-order valence-electron chi connectivity index (χ2n) is 3.99. The average Bonchev–Trinajstić information content (AvgIpc) is 2.28. The number of aliphatic hydroxyl groups excluding tert-OH is 1. The third kappa shape index (κ3) is 4.07. The zero-order valence-corrected chi connectivity index (χ0v) is 10.5. The van der Waals surface area contributed by atoms with E-state index in [0.717, 1.165) is 11.1 Å². The number of rotatable bonds is 5. The molecule has 0 saturated carbocycles. The van der Waals surface area contributed by atoms with Gasteiger partial charge in [-0.05, 0) is 25.5 Å². The molecule has 0 radical (unpaired) electrons. The van der Waals surface area contributed by atoms with Crippen molar-refractivity contribution in [1.82, 2.24) is 5.32 Å². The van der Waals surface area contributed by atoms with Crippen LogP contribution in [0.25, 0.3) is 0 Å². The Morgan fingerprint density at radius 1 is 1.53 bits per heavy atom. The summed E-state index contributed by atoms with van der Waals surface area (Å²) in [6, 6.07) is 5.63. The van der Waals surface area contributed by atoms with E-state index in [-0.39, 0.29) is 5.91 Å². The molecule has 0 aliphatic rings. The first kappa shape index (κ1) is 13.5. The van der Waals surface area contributed by atoms with Gasteiger partial charge in [0.25, 0.3) is 0 Å². The molecular weight excluding hydrogens is 218 g/mol. The fourth-order valence-electron chi connectivity index (χ4n) is 1.49. The van der Waals surface area contributed by atoms with Crippen molar-refractivity contribution in [3.05, 3.63) is 29.3 Å². The number of nitrogens with one attached hydrogen (secondary N) is 1. The van der Waals surface area contributed by atoms with Gasteiger partial charge < -0.3 is 15.2 Å². The minimum absolute atomic E-state index is 0.0590. The minimum atomic E-state index is -0.578. The van der Waals surface area contributed by atoms with Crippen LogP contribution in [0.5, 0.6) is 5.75 Å². The van der Waals surface area contributed by atoms with Gasteiger partial charge in [0.2, 0.25) is 5.91 Å². The van der Waals surface area contributed by atoms with E-state index in [1.807, 2.05) is 25.1 Å². The van der Waals surface area contributed by atoms with Crippen LogP contribution in [0.4, 0.5) is 0 Å². The number of aryl methyl sites for hydroxylation is 1. The van der Waals surface area contributed by atoms with Gasteiger partial charge in [-0.3, -0.25) is 4.79 Å². The van der Waals surface area contributed by atoms with Crippen LogP contribution < -0.4 is 10.1 Å². The molecule has 1 rings (SSSR count). The van der Waals surface area contributed by atoms with Gasteiger partial charge in [0, 0.05) is 12.6 Å². The molecular formula is C13H19NO3. The molecule has 0 saturated heterocycles. The minimum Gasteiger partial charge on any atom is -0.493 e. The molecule has 94 valence electrons. The molecule has 0 heterocycles. The highest BCUT2D eigenvalue weighted by Crippen LogP contribution is 2.26. The Morgan fingerprint density at radius 2 is 2.24 bits per heavy atom. The van der Waals surface area contributed by atoms with E-state index in [1.165, 1.54) is 0 Å². The van der Waals surface area contributed by atoms with Crippen molar-refractivity contribution < 1.29 is 14.6 Å². The molecule has 17 heavy (non-hydrogen) atoms. The van der Waals surface area contributed by atoms with Crippen LogP contribution in [-0.2, 0) is 4.79 Å². The number of aliphatic hydroxyl groups is 1. The third-order valence-electron chi connectivity index (χ3n) is 2.48. The zero-order valence-electron chi connectivity index (χ0n) is 10.5. The smallest absolute Gasteiger partial charge is 0.223 e. The SMILES string of the molecule is CNC(=O)CCOc1cc(C)ccc1[C@H](C)O. The Balaban J connectivity index is 2.68. The van der Waals surface area contributed by atoms with E-state index >= 15 is 0 Å². The molecule has 0 fully saturated rings. The van der Waals surface area contributed by atoms with Crippen LogP contribution in [-0.4, -0.2) is 24.7 Å². The van der Waals surface area contributed by atoms with Gasteiger partial charge in [-0.1, -0.05) is 12.1 Å². The van der Waals surface area contributed by atoms with Crippen molar-refractivity contribution in [3.8, 4) is 5.75 Å². The predicted octanol–water partition coefficient (Wildman–Crippen LogP) is 1.56. The van der Waals surface area contributed by atoms with Gasteiger partial charge in [-0.15, -0.1) is 0 Å². The highest BCUT2D eigenvalue weighted by Gasteiger charge is 2.09. The molecule has 0 spiro atoms. The quantitative estimate of drug-likeness (QED) is 0.817. The van der Waals surface area contributed by atoms with Crippen molar-refractivity contribution in [3.63, 3.8) is 0 Å². The number of hydrogen-bond acceptors (Lipinski definition) is 3. The van der Waals surface area contributed by atoms with E-state index in [0.29, 0.717) is 18.8 Å². The fraction of sp³-hybridized carbons (Fsp3) is 0.462. The summed E-state index contributed by atoms with van der Waals surface area (Å²) in [6.45, 7) is 3.95. The molecule has 1 aromatic rings. The molecule has 1 amide bonds. The van der Waals surface area contributed by atoms with Crippen LogP contribution in [0, 0.1) is 6.92 Å². The molecule has 0 aliphatic carbocycles. The Labute approximate surface area is 102 Å². The summed E-state index contributed by atoms with van der Waals surface area (Å²) in [4.78, 5) is 11.0. The van der Waals surface area contributed by atoms with Crippen molar-refractivity contribution in [2.75, 3.05) is 13.7 Å². The summed E-state index contributed by atoms with van der Waals surface area (Å²) < 4.78 is 5.53. The van der Waals surface area contributed by atoms with Crippen molar-refractivity contribution in [2.45, 2.75) is 26.4 Å². The van der Waals surface area contributed by atoms with Gasteiger partial charge in [-0.2, -0.15) is 0 Å². The zero-order chi connectivity index (χ0) is 12.8. The number of carbonyl (C=O) groups excluding carboxylic acids is 1. The Hall–Kier alpha value is -1.55. The Bertz CT molecular complexity index is 388. The van der Waals surface area contributed by atoms with E-state index in [9.17, 15) is 9.90 Å². The first-order chi connectivity index (χ1) is 8.04. The van der Waals surface area contributed by atoms with Crippen LogP contribution in [0.3, 0.4) is 0 Å². The standard InChI is InChI=1S/C13H19NO3/c1-9-4-5-11(10(2)15)12(8-9)17-7-6-13(16)14-3/h4-5,8,10,15H,6-7H2,1-3H3,(H,14,16)/t10-/m0/s1. The monoisotopic (exact) mass is 237 g/mol. The van der Waals surface area contributed by atoms with Crippen LogP contribution in [0.1, 0.15) is 30.6 Å². The summed E-state index contributed by atoms with van der Waals surface area (Å²) in [7, 11) is 1.59. The van der Waals surface area contributed by atoms with Crippen LogP contribution >= 0.6 is 0 Å². The molecule has 0 aliphatic heterocycles. The summed E-state index contributed by atoms with van der Waals surface area (Å²) in [6.07, 6.45) is -0.269. The lowest BCUT2D eigenvalue weighted by Crippen LogP contribution is -2.20. The second-order valence-corrected chi connectivity index (χ2v) is 3.99. The fourth-order valence-corrected chi connectivity index (χ4v) is 1.49. The maximum absolute atomic E-state index is 11.0. The molecule has 4 heteroatoms. The number of carbonyl (C=O) groups is 1. The number of benzene rings is 1. The second kappa shape index (κ2) is 6.25. The van der Waals surface area contributed by atoms with Gasteiger partial charge in [0.1, 0.15) is 5.75 Å². The summed E-state index contributed by atoms with van der Waals surface area (Å²) in [5.41, 5.74) is 1.80. The molecule has 4 nitrogen and oxygen atoms in total. The molecule has 1 aromatic carbocycles. The average molecular weight is 237 g/mol. The molecule has 0 bridgehead atoms. The van der Waals surface area contributed by atoms with Gasteiger partial charge in [0.05, 0.1) is 19.1 Å². The third-order valence-corrected chi connectivity index (χ3v) is 2.48. The molecule has 0 unspecified atom stereocenters. The lowest BCUT2D eigenvalue weighted by Gasteiger charge is -2.14. The van der Waals surface area contributed by atoms with Gasteiger partial charge >= 0.3 is 0 Å².